The molecule has 7 nitrogen and oxygen atoms in total. The summed E-state index contributed by atoms with van der Waals surface area (Å²) in [7, 11) is 0. The van der Waals surface area contributed by atoms with Crippen molar-refractivity contribution in [3.05, 3.63) is 46.9 Å². The molecule has 3 aromatic heterocycles. The summed E-state index contributed by atoms with van der Waals surface area (Å²) < 4.78 is 10.2. The van der Waals surface area contributed by atoms with Crippen LogP contribution in [0.3, 0.4) is 0 Å². The number of fused-ring (bicyclic) bond motifs is 2. The summed E-state index contributed by atoms with van der Waals surface area (Å²) in [5.74, 6) is 1.43. The number of anilines is 1. The lowest BCUT2D eigenvalue weighted by molar-refractivity contribution is -0.0366. The predicted octanol–water partition coefficient (Wildman–Crippen LogP) is 5.91. The van der Waals surface area contributed by atoms with Gasteiger partial charge in [0.1, 0.15) is 17.5 Å². The first-order valence-electron chi connectivity index (χ1n) is 12.8. The van der Waals surface area contributed by atoms with Crippen molar-refractivity contribution < 1.29 is 4.74 Å². The smallest absolute Gasteiger partial charge is 0.150 e. The van der Waals surface area contributed by atoms with E-state index in [1.54, 1.807) is 0 Å². The number of pyridine rings is 1. The van der Waals surface area contributed by atoms with E-state index < -0.39 is 0 Å². The van der Waals surface area contributed by atoms with Crippen molar-refractivity contribution in [1.82, 2.24) is 19.3 Å². The molecule has 4 aromatic rings. The van der Waals surface area contributed by atoms with Crippen molar-refractivity contribution in [3.63, 3.8) is 0 Å². The van der Waals surface area contributed by atoms with Crippen LogP contribution >= 0.6 is 0 Å². The van der Waals surface area contributed by atoms with Crippen molar-refractivity contribution in [2.24, 2.45) is 5.92 Å². The van der Waals surface area contributed by atoms with Crippen LogP contribution in [0, 0.1) is 24.2 Å². The highest BCUT2D eigenvalue weighted by Gasteiger charge is 2.32. The molecule has 1 atom stereocenters. The van der Waals surface area contributed by atoms with Crippen molar-refractivity contribution in [2.75, 3.05) is 12.3 Å². The summed E-state index contributed by atoms with van der Waals surface area (Å²) in [6.45, 7) is 7.33. The molecule has 0 amide bonds. The highest BCUT2D eigenvalue weighted by Crippen LogP contribution is 2.45. The molecule has 1 saturated carbocycles. The maximum absolute atomic E-state index is 10.1. The topological polar surface area (TPSA) is 94.7 Å². The molecule has 2 N–H and O–H groups in total. The molecule has 0 bridgehead atoms. The number of hydrogen-bond acceptors (Lipinski definition) is 5. The van der Waals surface area contributed by atoms with Crippen LogP contribution in [0.25, 0.3) is 27.5 Å². The number of rotatable bonds is 5. The van der Waals surface area contributed by atoms with E-state index >= 15 is 0 Å². The monoisotopic (exact) mass is 468 g/mol. The minimum absolute atomic E-state index is 0.0487. The third kappa shape index (κ3) is 3.51. The van der Waals surface area contributed by atoms with Crippen LogP contribution in [-0.2, 0) is 11.2 Å². The Morgan fingerprint density at radius 2 is 2.00 bits per heavy atom. The van der Waals surface area contributed by atoms with Crippen LogP contribution in [0.2, 0.25) is 0 Å². The Morgan fingerprint density at radius 1 is 1.17 bits per heavy atom. The van der Waals surface area contributed by atoms with Gasteiger partial charge in [-0.2, -0.15) is 10.4 Å². The average molecular weight is 469 g/mol. The lowest BCUT2D eigenvalue weighted by atomic mass is 9.97. The number of aromatic nitrogens is 4. The first-order chi connectivity index (χ1) is 17.0. The normalized spacial score (nSPS) is 18.5. The summed E-state index contributed by atoms with van der Waals surface area (Å²) in [5.41, 5.74) is 13.8. The van der Waals surface area contributed by atoms with Gasteiger partial charge < -0.3 is 10.5 Å². The fourth-order valence-corrected chi connectivity index (χ4v) is 5.69. The van der Waals surface area contributed by atoms with Gasteiger partial charge in [0, 0.05) is 35.2 Å². The second-order valence-corrected chi connectivity index (χ2v) is 10.5. The number of ether oxygens (including phenoxy) is 1. The number of nitriles is 1. The zero-order valence-corrected chi connectivity index (χ0v) is 20.7. The lowest BCUT2D eigenvalue weighted by Gasteiger charge is -2.23. The Morgan fingerprint density at radius 3 is 2.69 bits per heavy atom. The Balaban J connectivity index is 1.67. The predicted molar refractivity (Wildman–Crippen MR) is 138 cm³/mol. The van der Waals surface area contributed by atoms with Crippen LogP contribution in [0.4, 0.5) is 5.82 Å². The number of nitrogen functional groups attached to an aromatic ring is 1. The molecule has 7 heteroatoms. The maximum atomic E-state index is 10.1. The van der Waals surface area contributed by atoms with Crippen LogP contribution in [0.15, 0.2) is 24.5 Å². The highest BCUT2D eigenvalue weighted by molar-refractivity contribution is 5.99. The van der Waals surface area contributed by atoms with Gasteiger partial charge in [-0.25, -0.2) is 4.68 Å². The molecule has 1 aromatic carbocycles. The molecule has 6 rings (SSSR count). The fourth-order valence-electron chi connectivity index (χ4n) is 5.69. The lowest BCUT2D eigenvalue weighted by Crippen LogP contribution is -2.19. The Labute approximate surface area is 205 Å². The van der Waals surface area contributed by atoms with E-state index in [-0.39, 0.29) is 6.23 Å². The summed E-state index contributed by atoms with van der Waals surface area (Å²) >= 11 is 0. The Kier molecular flexibility index (Phi) is 5.30. The zero-order valence-electron chi connectivity index (χ0n) is 20.7. The van der Waals surface area contributed by atoms with Gasteiger partial charge in [0.15, 0.2) is 6.23 Å². The minimum Gasteiger partial charge on any atom is -0.384 e. The molecule has 4 heterocycles. The van der Waals surface area contributed by atoms with Gasteiger partial charge in [0.05, 0.1) is 22.9 Å². The minimum atomic E-state index is -0.0487. The Hall–Kier alpha value is -3.37. The largest absolute Gasteiger partial charge is 0.384 e. The number of hydrogen-bond donors (Lipinski definition) is 1. The van der Waals surface area contributed by atoms with Crippen molar-refractivity contribution in [2.45, 2.75) is 71.4 Å². The number of benzene rings is 1. The summed E-state index contributed by atoms with van der Waals surface area (Å²) in [4.78, 5) is 4.88. The van der Waals surface area contributed by atoms with E-state index in [9.17, 15) is 5.26 Å². The standard InChI is InChI=1S/C28H32N6O/c1-16(2)12-19-25(18-8-9-18)31-14-21-20(13-29)28(30)33(27(19)21)26-17(3)7-10-23-22(26)15-32-34(23)24-6-4-5-11-35-24/h7,10,14-16,18,24H,4-6,8-9,11-12,30H2,1-3H3. The molecular formula is C28H32N6O. The van der Waals surface area contributed by atoms with Gasteiger partial charge in [-0.05, 0) is 68.6 Å². The van der Waals surface area contributed by atoms with Gasteiger partial charge >= 0.3 is 0 Å². The van der Waals surface area contributed by atoms with Crippen molar-refractivity contribution in [1.29, 1.82) is 5.26 Å². The van der Waals surface area contributed by atoms with E-state index in [4.69, 9.17) is 20.6 Å². The molecule has 0 radical (unpaired) electrons. The third-order valence-electron chi connectivity index (χ3n) is 7.47. The summed E-state index contributed by atoms with van der Waals surface area (Å²) in [5, 5.41) is 16.7. The molecule has 1 aliphatic heterocycles. The zero-order chi connectivity index (χ0) is 24.3. The van der Waals surface area contributed by atoms with Crippen LogP contribution in [-0.4, -0.2) is 25.9 Å². The van der Waals surface area contributed by atoms with E-state index in [0.29, 0.717) is 23.2 Å². The SMILES string of the molecule is Cc1ccc2c(cnn2C2CCCCO2)c1-n1c(N)c(C#N)c2cnc(C3CC3)c(CC(C)C)c21. The molecule has 0 spiro atoms. The van der Waals surface area contributed by atoms with Gasteiger partial charge in [-0.1, -0.05) is 19.9 Å². The quantitative estimate of drug-likeness (QED) is 0.393. The molecule has 2 fully saturated rings. The molecular weight excluding hydrogens is 436 g/mol. The second-order valence-electron chi connectivity index (χ2n) is 10.5. The average Bonchev–Trinajstić information content (AvgIpc) is 3.53. The van der Waals surface area contributed by atoms with Crippen LogP contribution in [0.5, 0.6) is 0 Å². The second kappa shape index (κ2) is 8.39. The van der Waals surface area contributed by atoms with E-state index in [1.807, 2.05) is 17.1 Å². The summed E-state index contributed by atoms with van der Waals surface area (Å²) in [6.07, 6.45) is 10.2. The summed E-state index contributed by atoms with van der Waals surface area (Å²) in [6, 6.07) is 6.62. The maximum Gasteiger partial charge on any atom is 0.150 e. The van der Waals surface area contributed by atoms with Crippen molar-refractivity contribution in [3.8, 4) is 11.8 Å². The fraction of sp³-hybridized carbons (Fsp3) is 0.464. The van der Waals surface area contributed by atoms with Crippen molar-refractivity contribution >= 4 is 27.6 Å². The molecule has 35 heavy (non-hydrogen) atoms. The molecule has 2 aliphatic rings. The number of aryl methyl sites for hydroxylation is 1. The van der Waals surface area contributed by atoms with E-state index in [0.717, 1.165) is 65.3 Å². The number of nitrogens with two attached hydrogens (primary N) is 1. The highest BCUT2D eigenvalue weighted by atomic mass is 16.5. The Bertz CT molecular complexity index is 1480. The van der Waals surface area contributed by atoms with E-state index in [1.165, 1.54) is 24.1 Å². The molecule has 180 valence electrons. The first kappa shape index (κ1) is 22.1. The van der Waals surface area contributed by atoms with Crippen LogP contribution in [0.1, 0.15) is 80.5 Å². The molecule has 1 aliphatic carbocycles. The number of nitrogens with zero attached hydrogens (tertiary/aromatic N) is 5. The molecule has 1 saturated heterocycles. The van der Waals surface area contributed by atoms with Gasteiger partial charge in [-0.3, -0.25) is 9.55 Å². The van der Waals surface area contributed by atoms with Gasteiger partial charge in [-0.15, -0.1) is 0 Å². The first-order valence-corrected chi connectivity index (χ1v) is 12.8. The molecule has 1 unspecified atom stereocenters. The third-order valence-corrected chi connectivity index (χ3v) is 7.47. The van der Waals surface area contributed by atoms with Crippen LogP contribution < -0.4 is 5.73 Å². The van der Waals surface area contributed by atoms with E-state index in [2.05, 4.69) is 43.5 Å². The van der Waals surface area contributed by atoms with Gasteiger partial charge in [0.2, 0.25) is 0 Å². The van der Waals surface area contributed by atoms with Gasteiger partial charge in [0.25, 0.3) is 0 Å².